The van der Waals surface area contributed by atoms with Gasteiger partial charge in [-0.1, -0.05) is 24.3 Å². The number of aliphatic imine (C=N–C) groups is 1. The molecule has 0 saturated carbocycles. The maximum Gasteiger partial charge on any atom is 0.190 e. The van der Waals surface area contributed by atoms with Crippen LogP contribution in [0.1, 0.15) is 11.1 Å². The van der Waals surface area contributed by atoms with Gasteiger partial charge in [0.05, 0.1) is 5.69 Å². The van der Waals surface area contributed by atoms with Crippen LogP contribution in [0.4, 0.5) is 4.39 Å². The number of hydrogen-bond donors (Lipinski definition) is 2. The zero-order valence-electron chi connectivity index (χ0n) is 15.8. The Hall–Kier alpha value is -2.42. The summed E-state index contributed by atoms with van der Waals surface area (Å²) in [5.74, 6) is 0.549. The Labute approximate surface area is 182 Å². The van der Waals surface area contributed by atoms with Crippen molar-refractivity contribution in [3.63, 3.8) is 0 Å². The van der Waals surface area contributed by atoms with E-state index in [1.165, 1.54) is 11.6 Å². The number of nitrogens with one attached hydrogen (secondary N) is 2. The number of rotatable bonds is 7. The molecule has 0 aliphatic carbocycles. The molecule has 28 heavy (non-hydrogen) atoms. The van der Waals surface area contributed by atoms with Crippen LogP contribution in [0.25, 0.3) is 5.69 Å². The van der Waals surface area contributed by atoms with Crippen molar-refractivity contribution in [1.82, 2.24) is 20.4 Å². The highest BCUT2D eigenvalue weighted by Gasteiger charge is 2.01. The fraction of sp³-hybridized carbons (Fsp3) is 0.238. The Morgan fingerprint density at radius 1 is 1.00 bits per heavy atom. The van der Waals surface area contributed by atoms with Gasteiger partial charge in [0.25, 0.3) is 0 Å². The number of nitrogens with zero attached hydrogens (tertiary/aromatic N) is 3. The van der Waals surface area contributed by atoms with E-state index in [0.717, 1.165) is 36.6 Å². The first kappa shape index (κ1) is 21.9. The fourth-order valence-corrected chi connectivity index (χ4v) is 2.80. The standard InChI is InChI=1S/C21H24FN5.HI/c1-23-21(25-14-11-18-4-2-5-19(22)16-18)24-13-10-17-6-8-20(9-7-17)27-15-3-12-26-27;/h2-9,12,15-16H,10-11,13-14H2,1H3,(H2,23,24,25);1H. The van der Waals surface area contributed by atoms with E-state index in [0.29, 0.717) is 6.54 Å². The predicted octanol–water partition coefficient (Wildman–Crippen LogP) is 3.58. The van der Waals surface area contributed by atoms with Gasteiger partial charge in [-0.2, -0.15) is 5.10 Å². The quantitative estimate of drug-likeness (QED) is 0.301. The lowest BCUT2D eigenvalue weighted by atomic mass is 10.1. The van der Waals surface area contributed by atoms with Crippen LogP contribution in [-0.2, 0) is 12.8 Å². The van der Waals surface area contributed by atoms with E-state index in [9.17, 15) is 4.39 Å². The summed E-state index contributed by atoms with van der Waals surface area (Å²) in [6.45, 7) is 1.47. The Balaban J connectivity index is 0.00000280. The van der Waals surface area contributed by atoms with E-state index in [-0.39, 0.29) is 29.8 Å². The molecule has 0 atom stereocenters. The lowest BCUT2D eigenvalue weighted by molar-refractivity contribution is 0.625. The zero-order valence-corrected chi connectivity index (χ0v) is 18.1. The van der Waals surface area contributed by atoms with E-state index in [1.54, 1.807) is 25.4 Å². The Bertz CT molecular complexity index is 863. The van der Waals surface area contributed by atoms with Crippen molar-refractivity contribution < 1.29 is 4.39 Å². The molecule has 0 radical (unpaired) electrons. The smallest absolute Gasteiger partial charge is 0.190 e. The van der Waals surface area contributed by atoms with Crippen LogP contribution in [0, 0.1) is 5.82 Å². The highest BCUT2D eigenvalue weighted by molar-refractivity contribution is 14.0. The van der Waals surface area contributed by atoms with Crippen LogP contribution in [0.2, 0.25) is 0 Å². The molecule has 3 aromatic rings. The van der Waals surface area contributed by atoms with Crippen molar-refractivity contribution in [2.45, 2.75) is 12.8 Å². The van der Waals surface area contributed by atoms with E-state index in [1.807, 2.05) is 23.0 Å². The second kappa shape index (κ2) is 11.4. The SMILES string of the molecule is CN=C(NCCc1ccc(-n2cccn2)cc1)NCCc1cccc(F)c1.I. The van der Waals surface area contributed by atoms with Crippen LogP contribution < -0.4 is 10.6 Å². The lowest BCUT2D eigenvalue weighted by Crippen LogP contribution is -2.39. The minimum Gasteiger partial charge on any atom is -0.356 e. The van der Waals surface area contributed by atoms with E-state index in [2.05, 4.69) is 45.0 Å². The van der Waals surface area contributed by atoms with Crippen molar-refractivity contribution in [3.8, 4) is 5.69 Å². The monoisotopic (exact) mass is 493 g/mol. The van der Waals surface area contributed by atoms with Gasteiger partial charge in [-0.05, 0) is 54.3 Å². The molecule has 0 unspecified atom stereocenters. The fourth-order valence-electron chi connectivity index (χ4n) is 2.80. The second-order valence-electron chi connectivity index (χ2n) is 6.17. The first-order chi connectivity index (χ1) is 13.2. The predicted molar refractivity (Wildman–Crippen MR) is 122 cm³/mol. The summed E-state index contributed by atoms with van der Waals surface area (Å²) in [7, 11) is 1.75. The molecule has 0 saturated heterocycles. The molecule has 1 heterocycles. The molecule has 0 aliphatic rings. The van der Waals surface area contributed by atoms with Crippen LogP contribution in [0.3, 0.4) is 0 Å². The Morgan fingerprint density at radius 3 is 2.32 bits per heavy atom. The minimum absolute atomic E-state index is 0. The minimum atomic E-state index is -0.200. The third kappa shape index (κ3) is 6.63. The molecule has 2 aromatic carbocycles. The third-order valence-corrected chi connectivity index (χ3v) is 4.23. The number of guanidine groups is 1. The average Bonchev–Trinajstić information content (AvgIpc) is 3.22. The average molecular weight is 493 g/mol. The van der Waals surface area contributed by atoms with Crippen molar-refractivity contribution in [1.29, 1.82) is 0 Å². The van der Waals surface area contributed by atoms with Gasteiger partial charge in [-0.15, -0.1) is 24.0 Å². The van der Waals surface area contributed by atoms with Crippen molar-refractivity contribution in [2.24, 2.45) is 4.99 Å². The Kier molecular flexibility index (Phi) is 8.93. The number of benzene rings is 2. The number of aromatic nitrogens is 2. The first-order valence-electron chi connectivity index (χ1n) is 9.02. The maximum absolute atomic E-state index is 13.2. The molecule has 0 fully saturated rings. The number of halogens is 2. The van der Waals surface area contributed by atoms with Crippen molar-refractivity contribution in [2.75, 3.05) is 20.1 Å². The van der Waals surface area contributed by atoms with Crippen molar-refractivity contribution in [3.05, 3.63) is 83.9 Å². The van der Waals surface area contributed by atoms with Gasteiger partial charge in [0.1, 0.15) is 5.82 Å². The molecule has 0 amide bonds. The summed E-state index contributed by atoms with van der Waals surface area (Å²) in [4.78, 5) is 4.22. The van der Waals surface area contributed by atoms with Crippen LogP contribution in [0.5, 0.6) is 0 Å². The summed E-state index contributed by atoms with van der Waals surface area (Å²) in [6, 6.07) is 16.9. The summed E-state index contributed by atoms with van der Waals surface area (Å²) >= 11 is 0. The molecule has 0 spiro atoms. The summed E-state index contributed by atoms with van der Waals surface area (Å²) in [5.41, 5.74) is 3.26. The van der Waals surface area contributed by atoms with Crippen molar-refractivity contribution >= 4 is 29.9 Å². The van der Waals surface area contributed by atoms with Gasteiger partial charge in [0, 0.05) is 32.5 Å². The molecule has 1 aromatic heterocycles. The zero-order chi connectivity index (χ0) is 18.9. The van der Waals surface area contributed by atoms with E-state index in [4.69, 9.17) is 0 Å². The molecule has 148 valence electrons. The molecular weight excluding hydrogens is 468 g/mol. The molecule has 0 bridgehead atoms. The van der Waals surface area contributed by atoms with Gasteiger partial charge in [0.15, 0.2) is 5.96 Å². The highest BCUT2D eigenvalue weighted by Crippen LogP contribution is 2.09. The lowest BCUT2D eigenvalue weighted by Gasteiger charge is -2.12. The second-order valence-corrected chi connectivity index (χ2v) is 6.17. The van der Waals surface area contributed by atoms with E-state index >= 15 is 0 Å². The van der Waals surface area contributed by atoms with E-state index < -0.39 is 0 Å². The van der Waals surface area contributed by atoms with Gasteiger partial charge >= 0.3 is 0 Å². The number of hydrogen-bond acceptors (Lipinski definition) is 2. The first-order valence-corrected chi connectivity index (χ1v) is 9.02. The third-order valence-electron chi connectivity index (χ3n) is 4.23. The van der Waals surface area contributed by atoms with Crippen LogP contribution >= 0.6 is 24.0 Å². The van der Waals surface area contributed by atoms with Gasteiger partial charge in [-0.25, -0.2) is 9.07 Å². The molecule has 2 N–H and O–H groups in total. The molecule has 5 nitrogen and oxygen atoms in total. The summed E-state index contributed by atoms with van der Waals surface area (Å²) in [6.07, 6.45) is 5.33. The largest absolute Gasteiger partial charge is 0.356 e. The molecule has 7 heteroatoms. The molecule has 3 rings (SSSR count). The van der Waals surface area contributed by atoms with Gasteiger partial charge < -0.3 is 10.6 Å². The maximum atomic E-state index is 13.2. The molecule has 0 aliphatic heterocycles. The van der Waals surface area contributed by atoms with Gasteiger partial charge in [-0.3, -0.25) is 4.99 Å². The van der Waals surface area contributed by atoms with Crippen LogP contribution in [0.15, 0.2) is 72.0 Å². The topological polar surface area (TPSA) is 54.2 Å². The Morgan fingerprint density at radius 2 is 1.71 bits per heavy atom. The van der Waals surface area contributed by atoms with Gasteiger partial charge in [0.2, 0.25) is 0 Å². The summed E-state index contributed by atoms with van der Waals surface area (Å²) < 4.78 is 15.0. The van der Waals surface area contributed by atoms with Crippen LogP contribution in [-0.4, -0.2) is 35.9 Å². The summed E-state index contributed by atoms with van der Waals surface area (Å²) in [5, 5.41) is 10.8. The normalized spacial score (nSPS) is 11.0. The highest BCUT2D eigenvalue weighted by atomic mass is 127. The molecular formula is C21H25FIN5.